The topological polar surface area (TPSA) is 99.9 Å². The summed E-state index contributed by atoms with van der Waals surface area (Å²) in [5.74, 6) is 0.351. The molecule has 1 fully saturated rings. The number of amides is 1. The van der Waals surface area contributed by atoms with E-state index in [1.54, 1.807) is 27.9 Å². The number of nitrogens with zero attached hydrogens (tertiary/aromatic N) is 5. The number of benzene rings is 1. The number of rotatable bonds is 5. The van der Waals surface area contributed by atoms with Gasteiger partial charge < -0.3 is 4.90 Å². The number of aliphatic imine (C=N–C) groups is 1. The summed E-state index contributed by atoms with van der Waals surface area (Å²) in [6.45, 7) is 6.79. The van der Waals surface area contributed by atoms with Gasteiger partial charge in [-0.15, -0.1) is 0 Å². The number of nitrogens with one attached hydrogen (secondary N) is 1. The number of fused-ring (bicyclic) bond motifs is 3. The lowest BCUT2D eigenvalue weighted by Crippen LogP contribution is -2.52. The quantitative estimate of drug-likeness (QED) is 0.761. The molecule has 0 radical (unpaired) electrons. The molecule has 1 N–H and O–H groups in total. The first-order chi connectivity index (χ1) is 14.6. The third-order valence-corrected chi connectivity index (χ3v) is 8.09. The largest absolute Gasteiger partial charge is 0.307 e. The lowest BCUT2D eigenvalue weighted by molar-refractivity contribution is 0.0832. The highest BCUT2D eigenvalue weighted by molar-refractivity contribution is 7.89. The fourth-order valence-electron chi connectivity index (χ4n) is 4.11. The number of hydrogen-bond acceptors (Lipinski definition) is 6. The highest BCUT2D eigenvalue weighted by Crippen LogP contribution is 2.38. The SMILES string of the molecule is Cc1c(CN2C(=O)c3cc(S(=O)(=O)NC4(C)CC4)ccc3N3C2=NC[C@H]3C)cnn1C. The number of carbonyl (C=O) groups excluding carboxylic acids is 1. The van der Waals surface area contributed by atoms with E-state index in [1.165, 1.54) is 6.07 Å². The molecule has 1 aromatic heterocycles. The summed E-state index contributed by atoms with van der Waals surface area (Å²) in [5, 5.41) is 4.28. The van der Waals surface area contributed by atoms with Crippen LogP contribution in [0.25, 0.3) is 0 Å². The van der Waals surface area contributed by atoms with Crippen molar-refractivity contribution in [3.8, 4) is 0 Å². The van der Waals surface area contributed by atoms with Crippen LogP contribution in [0.1, 0.15) is 48.3 Å². The van der Waals surface area contributed by atoms with Crippen molar-refractivity contribution in [2.24, 2.45) is 12.0 Å². The molecule has 2 aromatic rings. The highest BCUT2D eigenvalue weighted by Gasteiger charge is 2.43. The van der Waals surface area contributed by atoms with Crippen molar-refractivity contribution >= 4 is 27.6 Å². The van der Waals surface area contributed by atoms with Crippen molar-refractivity contribution in [1.29, 1.82) is 0 Å². The minimum Gasteiger partial charge on any atom is -0.307 e. The zero-order valence-corrected chi connectivity index (χ0v) is 18.9. The van der Waals surface area contributed by atoms with E-state index in [-0.39, 0.29) is 22.4 Å². The number of sulfonamides is 1. The van der Waals surface area contributed by atoms with Gasteiger partial charge in [-0.2, -0.15) is 5.10 Å². The first-order valence-electron chi connectivity index (χ1n) is 10.4. The van der Waals surface area contributed by atoms with Crippen LogP contribution in [0.3, 0.4) is 0 Å². The molecule has 1 aliphatic carbocycles. The second kappa shape index (κ2) is 6.64. The van der Waals surface area contributed by atoms with E-state index in [0.717, 1.165) is 24.1 Å². The van der Waals surface area contributed by atoms with Crippen molar-refractivity contribution in [2.45, 2.75) is 56.6 Å². The predicted octanol–water partition coefficient (Wildman–Crippen LogP) is 1.78. The van der Waals surface area contributed by atoms with Crippen molar-refractivity contribution < 1.29 is 13.2 Å². The van der Waals surface area contributed by atoms with Crippen molar-refractivity contribution in [1.82, 2.24) is 19.4 Å². The monoisotopic (exact) mass is 442 g/mol. The highest BCUT2D eigenvalue weighted by atomic mass is 32.2. The predicted molar refractivity (Wildman–Crippen MR) is 116 cm³/mol. The van der Waals surface area contributed by atoms with Crippen LogP contribution in [-0.4, -0.2) is 53.1 Å². The van der Waals surface area contributed by atoms with Gasteiger partial charge in [0, 0.05) is 23.8 Å². The van der Waals surface area contributed by atoms with Crippen molar-refractivity contribution in [3.05, 3.63) is 41.2 Å². The molecule has 3 aliphatic rings. The Balaban J connectivity index is 1.56. The van der Waals surface area contributed by atoms with Crippen LogP contribution in [0.2, 0.25) is 0 Å². The van der Waals surface area contributed by atoms with Gasteiger partial charge in [-0.3, -0.25) is 19.4 Å². The first kappa shape index (κ1) is 20.2. The minimum absolute atomic E-state index is 0.0744. The van der Waals surface area contributed by atoms with Gasteiger partial charge in [-0.25, -0.2) is 13.1 Å². The maximum Gasteiger partial charge on any atom is 0.263 e. The van der Waals surface area contributed by atoms with Gasteiger partial charge >= 0.3 is 0 Å². The molecule has 10 heteroatoms. The Morgan fingerprint density at radius 1 is 1.29 bits per heavy atom. The summed E-state index contributed by atoms with van der Waals surface area (Å²) in [5.41, 5.74) is 2.58. The molecule has 0 saturated heterocycles. The molecule has 0 unspecified atom stereocenters. The Kier molecular flexibility index (Phi) is 4.32. The number of aromatic nitrogens is 2. The fourth-order valence-corrected chi connectivity index (χ4v) is 5.61. The molecule has 0 bridgehead atoms. The summed E-state index contributed by atoms with van der Waals surface area (Å²) < 4.78 is 30.3. The molecular weight excluding hydrogens is 416 g/mol. The molecule has 1 aromatic carbocycles. The van der Waals surface area contributed by atoms with E-state index < -0.39 is 10.0 Å². The van der Waals surface area contributed by atoms with E-state index in [0.29, 0.717) is 30.3 Å². The van der Waals surface area contributed by atoms with Crippen molar-refractivity contribution in [3.63, 3.8) is 0 Å². The van der Waals surface area contributed by atoms with Gasteiger partial charge in [0.15, 0.2) is 0 Å². The lowest BCUT2D eigenvalue weighted by atomic mass is 10.1. The molecule has 164 valence electrons. The van der Waals surface area contributed by atoms with Gasteiger partial charge in [0.25, 0.3) is 5.91 Å². The standard InChI is InChI=1S/C21H26N6O3S/c1-13-10-22-20-26(12-15-11-23-25(4)14(15)2)19(28)17-9-16(5-6-18(17)27(13)20)31(29,30)24-21(3)7-8-21/h5-6,9,11,13,24H,7-8,10,12H2,1-4H3/t13-/m1/s1. The second-order valence-corrected chi connectivity index (χ2v) is 10.7. The zero-order valence-electron chi connectivity index (χ0n) is 18.1. The number of carbonyl (C=O) groups is 1. The average Bonchev–Trinajstić information content (AvgIpc) is 3.17. The molecular formula is C21H26N6O3S. The molecule has 1 saturated carbocycles. The second-order valence-electron chi connectivity index (χ2n) is 8.97. The Bertz CT molecular complexity index is 1230. The van der Waals surface area contributed by atoms with Crippen LogP contribution in [0.5, 0.6) is 0 Å². The Labute approximate surface area is 181 Å². The molecule has 9 nitrogen and oxygen atoms in total. The third-order valence-electron chi connectivity index (χ3n) is 6.45. The average molecular weight is 443 g/mol. The summed E-state index contributed by atoms with van der Waals surface area (Å²) in [6, 6.07) is 4.87. The van der Waals surface area contributed by atoms with E-state index >= 15 is 0 Å². The van der Waals surface area contributed by atoms with E-state index in [4.69, 9.17) is 0 Å². The van der Waals surface area contributed by atoms with Crippen LogP contribution in [0, 0.1) is 6.92 Å². The summed E-state index contributed by atoms with van der Waals surface area (Å²) in [7, 11) is -1.85. The Morgan fingerprint density at radius 2 is 2.03 bits per heavy atom. The summed E-state index contributed by atoms with van der Waals surface area (Å²) in [4.78, 5) is 21.9. The fraction of sp³-hybridized carbons (Fsp3) is 0.476. The molecule has 5 rings (SSSR count). The molecule has 1 amide bonds. The molecule has 0 spiro atoms. The molecule has 1 atom stereocenters. The molecule has 3 heterocycles. The van der Waals surface area contributed by atoms with Crippen LogP contribution in [-0.2, 0) is 23.6 Å². The normalized spacial score (nSPS) is 21.7. The minimum atomic E-state index is -3.71. The van der Waals surface area contributed by atoms with E-state index in [2.05, 4.69) is 14.8 Å². The van der Waals surface area contributed by atoms with Gasteiger partial charge in [0.1, 0.15) is 0 Å². The summed E-state index contributed by atoms with van der Waals surface area (Å²) >= 11 is 0. The van der Waals surface area contributed by atoms with Crippen molar-refractivity contribution in [2.75, 3.05) is 11.4 Å². The van der Waals surface area contributed by atoms with Crippen LogP contribution >= 0.6 is 0 Å². The van der Waals surface area contributed by atoms with E-state index in [1.807, 2.05) is 32.7 Å². The van der Waals surface area contributed by atoms with E-state index in [9.17, 15) is 13.2 Å². The summed E-state index contributed by atoms with van der Waals surface area (Å²) in [6.07, 6.45) is 3.39. The van der Waals surface area contributed by atoms with Gasteiger partial charge in [0.05, 0.1) is 41.5 Å². The van der Waals surface area contributed by atoms with Gasteiger partial charge in [-0.05, 0) is 51.8 Å². The van der Waals surface area contributed by atoms with Crippen LogP contribution in [0.4, 0.5) is 5.69 Å². The smallest absolute Gasteiger partial charge is 0.263 e. The Hall–Kier alpha value is -2.72. The Morgan fingerprint density at radius 3 is 2.68 bits per heavy atom. The third kappa shape index (κ3) is 3.25. The lowest BCUT2D eigenvalue weighted by Gasteiger charge is -2.38. The maximum atomic E-state index is 13.5. The maximum absolute atomic E-state index is 13.5. The zero-order chi connectivity index (χ0) is 22.1. The van der Waals surface area contributed by atoms with Gasteiger partial charge in [0.2, 0.25) is 16.0 Å². The first-order valence-corrected chi connectivity index (χ1v) is 11.9. The van der Waals surface area contributed by atoms with Gasteiger partial charge in [-0.1, -0.05) is 0 Å². The molecule has 31 heavy (non-hydrogen) atoms. The number of hydrogen-bond donors (Lipinski definition) is 1. The number of anilines is 1. The number of aryl methyl sites for hydroxylation is 1. The number of guanidine groups is 1. The van der Waals surface area contributed by atoms with Crippen LogP contribution < -0.4 is 9.62 Å². The molecule has 2 aliphatic heterocycles. The van der Waals surface area contributed by atoms with Crippen LogP contribution in [0.15, 0.2) is 34.3 Å².